The van der Waals surface area contributed by atoms with Crippen LogP contribution in [0.25, 0.3) is 0 Å². The Hall–Kier alpha value is -2.88. The van der Waals surface area contributed by atoms with Crippen LogP contribution in [0, 0.1) is 5.92 Å². The van der Waals surface area contributed by atoms with Crippen molar-refractivity contribution in [2.75, 3.05) is 6.61 Å². The molecule has 2 amide bonds. The summed E-state index contributed by atoms with van der Waals surface area (Å²) in [7, 11) is 0. The van der Waals surface area contributed by atoms with Gasteiger partial charge in [-0.05, 0) is 23.5 Å². The van der Waals surface area contributed by atoms with Crippen molar-refractivity contribution in [3.63, 3.8) is 0 Å². The third kappa shape index (κ3) is 4.27. The van der Waals surface area contributed by atoms with Crippen LogP contribution in [-0.4, -0.2) is 29.5 Å². The molecule has 4 heteroatoms. The van der Waals surface area contributed by atoms with E-state index in [1.807, 2.05) is 67.6 Å². The molecule has 0 bridgehead atoms. The lowest BCUT2D eigenvalue weighted by Gasteiger charge is -2.29. The van der Waals surface area contributed by atoms with Crippen molar-refractivity contribution >= 4 is 12.0 Å². The van der Waals surface area contributed by atoms with Gasteiger partial charge >= 0.3 is 6.09 Å². The predicted molar refractivity (Wildman–Crippen MR) is 105 cm³/mol. The molecule has 2 aromatic rings. The second-order valence-electron chi connectivity index (χ2n) is 7.04. The summed E-state index contributed by atoms with van der Waals surface area (Å²) in [4.78, 5) is 26.6. The van der Waals surface area contributed by atoms with Gasteiger partial charge in [-0.3, -0.25) is 4.79 Å². The van der Waals surface area contributed by atoms with E-state index in [0.717, 1.165) is 17.5 Å². The lowest BCUT2D eigenvalue weighted by Crippen LogP contribution is -2.43. The van der Waals surface area contributed by atoms with E-state index in [4.69, 9.17) is 4.74 Å². The van der Waals surface area contributed by atoms with Gasteiger partial charge in [-0.1, -0.05) is 73.7 Å². The molecule has 2 atom stereocenters. The standard InChI is InChI=1S/C23H25NO3/c1-3-10-17(2)15-21(25)24-20(16-27-23(24)26)22(18-11-6-4-7-12-18)19-13-8-5-9-14-19/h3-9,11-14,17,20,22H,1,10,15-16H2,2H3/t17-,20+/m1/s1. The highest BCUT2D eigenvalue weighted by molar-refractivity contribution is 5.94. The Balaban J connectivity index is 1.94. The van der Waals surface area contributed by atoms with Gasteiger partial charge in [-0.25, -0.2) is 9.69 Å². The molecule has 0 radical (unpaired) electrons. The molecule has 0 aliphatic carbocycles. The summed E-state index contributed by atoms with van der Waals surface area (Å²) in [5.74, 6) is -0.179. The van der Waals surface area contributed by atoms with Gasteiger partial charge in [-0.2, -0.15) is 0 Å². The zero-order chi connectivity index (χ0) is 19.2. The number of ether oxygens (including phenoxy) is 1. The molecular formula is C23H25NO3. The minimum Gasteiger partial charge on any atom is -0.447 e. The van der Waals surface area contributed by atoms with E-state index in [1.165, 1.54) is 4.90 Å². The highest BCUT2D eigenvalue weighted by Gasteiger charge is 2.43. The Morgan fingerprint density at radius 1 is 1.15 bits per heavy atom. The SMILES string of the molecule is C=CC[C@@H](C)CC(=O)N1C(=O)OC[C@H]1C(c1ccccc1)c1ccccc1. The number of hydrogen-bond acceptors (Lipinski definition) is 3. The predicted octanol–water partition coefficient (Wildman–Crippen LogP) is 4.77. The average molecular weight is 363 g/mol. The third-order valence-corrected chi connectivity index (χ3v) is 4.97. The summed E-state index contributed by atoms with van der Waals surface area (Å²) in [5, 5.41) is 0. The molecule has 1 fully saturated rings. The minimum absolute atomic E-state index is 0.127. The van der Waals surface area contributed by atoms with Crippen LogP contribution in [0.3, 0.4) is 0 Å². The first kappa shape index (κ1) is 18.9. The van der Waals surface area contributed by atoms with Crippen LogP contribution in [0.1, 0.15) is 36.8 Å². The average Bonchev–Trinajstić information content (AvgIpc) is 3.05. The molecule has 140 valence electrons. The molecule has 0 aromatic heterocycles. The van der Waals surface area contributed by atoms with Gasteiger partial charge in [0.2, 0.25) is 5.91 Å². The summed E-state index contributed by atoms with van der Waals surface area (Å²) < 4.78 is 5.31. The van der Waals surface area contributed by atoms with Crippen LogP contribution in [0.2, 0.25) is 0 Å². The quantitative estimate of drug-likeness (QED) is 0.666. The fraction of sp³-hybridized carbons (Fsp3) is 0.304. The molecule has 3 rings (SSSR count). The topological polar surface area (TPSA) is 46.6 Å². The molecular weight excluding hydrogens is 338 g/mol. The minimum atomic E-state index is -0.548. The summed E-state index contributed by atoms with van der Waals surface area (Å²) in [6, 6.07) is 19.6. The molecule has 0 N–H and O–H groups in total. The highest BCUT2D eigenvalue weighted by Crippen LogP contribution is 2.34. The second kappa shape index (κ2) is 8.67. The van der Waals surface area contributed by atoms with Gasteiger partial charge in [0.1, 0.15) is 6.61 Å². The fourth-order valence-electron chi connectivity index (χ4n) is 3.69. The first-order valence-electron chi connectivity index (χ1n) is 9.31. The number of benzene rings is 2. The number of rotatable bonds is 7. The maximum atomic E-state index is 12.9. The number of carbonyl (C=O) groups excluding carboxylic acids is 2. The zero-order valence-corrected chi connectivity index (χ0v) is 15.6. The molecule has 1 heterocycles. The number of hydrogen-bond donors (Lipinski definition) is 0. The Morgan fingerprint density at radius 3 is 2.22 bits per heavy atom. The smallest absolute Gasteiger partial charge is 0.417 e. The molecule has 1 aliphatic heterocycles. The zero-order valence-electron chi connectivity index (χ0n) is 15.6. The summed E-state index contributed by atoms with van der Waals surface area (Å²) >= 11 is 0. The number of cyclic esters (lactones) is 1. The molecule has 2 aromatic carbocycles. The van der Waals surface area contributed by atoms with Crippen LogP contribution in [0.4, 0.5) is 4.79 Å². The number of imide groups is 1. The number of allylic oxidation sites excluding steroid dienone is 1. The Morgan fingerprint density at radius 2 is 1.70 bits per heavy atom. The normalized spacial score (nSPS) is 17.6. The van der Waals surface area contributed by atoms with Gasteiger partial charge < -0.3 is 4.74 Å². The van der Waals surface area contributed by atoms with Crippen LogP contribution >= 0.6 is 0 Å². The number of nitrogens with zero attached hydrogens (tertiary/aromatic N) is 1. The van der Waals surface area contributed by atoms with Gasteiger partial charge in [0, 0.05) is 12.3 Å². The van der Waals surface area contributed by atoms with Crippen molar-refractivity contribution in [3.05, 3.63) is 84.4 Å². The van der Waals surface area contributed by atoms with Crippen LogP contribution in [0.15, 0.2) is 73.3 Å². The Kier molecular flexibility index (Phi) is 6.07. The molecule has 1 saturated heterocycles. The number of carbonyl (C=O) groups is 2. The third-order valence-electron chi connectivity index (χ3n) is 4.97. The maximum Gasteiger partial charge on any atom is 0.417 e. The van der Waals surface area contributed by atoms with Crippen molar-refractivity contribution in [2.45, 2.75) is 31.7 Å². The Bertz CT molecular complexity index is 748. The molecule has 0 unspecified atom stereocenters. The summed E-state index contributed by atoms with van der Waals surface area (Å²) in [6.45, 7) is 5.92. The van der Waals surface area contributed by atoms with E-state index in [1.54, 1.807) is 6.08 Å². The van der Waals surface area contributed by atoms with Gasteiger partial charge in [0.05, 0.1) is 6.04 Å². The van der Waals surface area contributed by atoms with E-state index >= 15 is 0 Å². The van der Waals surface area contributed by atoms with Crippen molar-refractivity contribution < 1.29 is 14.3 Å². The second-order valence-corrected chi connectivity index (χ2v) is 7.04. The van der Waals surface area contributed by atoms with E-state index in [0.29, 0.717) is 6.42 Å². The Labute approximate surface area is 160 Å². The van der Waals surface area contributed by atoms with E-state index in [-0.39, 0.29) is 30.4 Å². The first-order valence-corrected chi connectivity index (χ1v) is 9.31. The molecule has 1 aliphatic rings. The van der Waals surface area contributed by atoms with E-state index in [2.05, 4.69) is 6.58 Å². The number of amides is 2. The van der Waals surface area contributed by atoms with Crippen molar-refractivity contribution in [2.24, 2.45) is 5.92 Å². The highest BCUT2D eigenvalue weighted by atomic mass is 16.6. The molecule has 27 heavy (non-hydrogen) atoms. The van der Waals surface area contributed by atoms with Crippen molar-refractivity contribution in [3.8, 4) is 0 Å². The maximum absolute atomic E-state index is 12.9. The molecule has 4 nitrogen and oxygen atoms in total. The monoisotopic (exact) mass is 363 g/mol. The first-order chi connectivity index (χ1) is 13.1. The van der Waals surface area contributed by atoms with Gasteiger partial charge in [0.25, 0.3) is 0 Å². The lowest BCUT2D eigenvalue weighted by atomic mass is 9.84. The molecule has 0 saturated carbocycles. The molecule has 0 spiro atoms. The largest absolute Gasteiger partial charge is 0.447 e. The van der Waals surface area contributed by atoms with E-state index in [9.17, 15) is 9.59 Å². The summed E-state index contributed by atoms with van der Waals surface area (Å²) in [5.41, 5.74) is 2.12. The fourth-order valence-corrected chi connectivity index (χ4v) is 3.69. The summed E-state index contributed by atoms with van der Waals surface area (Å²) in [6.07, 6.45) is 2.29. The van der Waals surface area contributed by atoms with Crippen LogP contribution in [-0.2, 0) is 9.53 Å². The van der Waals surface area contributed by atoms with Crippen LogP contribution in [0.5, 0.6) is 0 Å². The van der Waals surface area contributed by atoms with E-state index < -0.39 is 6.09 Å². The lowest BCUT2D eigenvalue weighted by molar-refractivity contribution is -0.130. The van der Waals surface area contributed by atoms with Crippen LogP contribution < -0.4 is 0 Å². The van der Waals surface area contributed by atoms with Crippen molar-refractivity contribution in [1.82, 2.24) is 4.90 Å². The van der Waals surface area contributed by atoms with Gasteiger partial charge in [0.15, 0.2) is 0 Å². The van der Waals surface area contributed by atoms with Crippen molar-refractivity contribution in [1.29, 1.82) is 0 Å². The van der Waals surface area contributed by atoms with Gasteiger partial charge in [-0.15, -0.1) is 6.58 Å².